The first kappa shape index (κ1) is 17.2. The summed E-state index contributed by atoms with van der Waals surface area (Å²) in [7, 11) is 0. The Morgan fingerprint density at radius 1 is 1.50 bits per heavy atom. The van der Waals surface area contributed by atoms with Gasteiger partial charge in [0.25, 0.3) is 0 Å². The molecular formula is C17H25NO3S. The smallest absolute Gasteiger partial charge is 0.306 e. The van der Waals surface area contributed by atoms with Gasteiger partial charge in [-0.15, -0.1) is 0 Å². The number of aromatic hydroxyl groups is 1. The van der Waals surface area contributed by atoms with E-state index in [0.29, 0.717) is 13.0 Å². The minimum absolute atomic E-state index is 0.0194. The van der Waals surface area contributed by atoms with E-state index in [9.17, 15) is 9.90 Å². The summed E-state index contributed by atoms with van der Waals surface area (Å²) in [5.41, 5.74) is 8.64. The quantitative estimate of drug-likeness (QED) is 0.815. The second-order valence-electron chi connectivity index (χ2n) is 6.26. The third-order valence-electron chi connectivity index (χ3n) is 4.39. The van der Waals surface area contributed by atoms with Crippen LogP contribution in [0.15, 0.2) is 18.2 Å². The lowest BCUT2D eigenvalue weighted by Gasteiger charge is -2.43. The van der Waals surface area contributed by atoms with Gasteiger partial charge in [-0.3, -0.25) is 4.79 Å². The zero-order valence-electron chi connectivity index (χ0n) is 13.5. The minimum Gasteiger partial charge on any atom is -0.508 e. The maximum atomic E-state index is 11.4. The van der Waals surface area contributed by atoms with Gasteiger partial charge in [0.1, 0.15) is 5.75 Å². The molecule has 0 heterocycles. The van der Waals surface area contributed by atoms with Gasteiger partial charge >= 0.3 is 5.97 Å². The van der Waals surface area contributed by atoms with Crippen LogP contribution in [0.5, 0.6) is 5.75 Å². The van der Waals surface area contributed by atoms with Gasteiger partial charge in [-0.1, -0.05) is 19.9 Å². The largest absolute Gasteiger partial charge is 0.508 e. The molecule has 0 saturated heterocycles. The highest BCUT2D eigenvalue weighted by atomic mass is 32.2. The first-order chi connectivity index (χ1) is 10.4. The van der Waals surface area contributed by atoms with Crippen LogP contribution in [0.25, 0.3) is 0 Å². The number of carbonyl (C=O) groups excluding carboxylic acids is 1. The Labute approximate surface area is 136 Å². The fourth-order valence-electron chi connectivity index (χ4n) is 3.02. The average Bonchev–Trinajstić information content (AvgIpc) is 2.46. The van der Waals surface area contributed by atoms with Gasteiger partial charge in [0.15, 0.2) is 0 Å². The van der Waals surface area contributed by atoms with Crippen LogP contribution in [0.3, 0.4) is 0 Å². The number of phenols is 1. The summed E-state index contributed by atoms with van der Waals surface area (Å²) in [6.45, 7) is 6.48. The van der Waals surface area contributed by atoms with Gasteiger partial charge in [-0.05, 0) is 36.6 Å². The lowest BCUT2D eigenvalue weighted by atomic mass is 9.69. The van der Waals surface area contributed by atoms with Crippen molar-refractivity contribution in [2.75, 3.05) is 12.4 Å². The predicted molar refractivity (Wildman–Crippen MR) is 90.3 cm³/mol. The van der Waals surface area contributed by atoms with Crippen LogP contribution in [-0.4, -0.2) is 34.7 Å². The highest BCUT2D eigenvalue weighted by molar-refractivity contribution is 8.00. The summed E-state index contributed by atoms with van der Waals surface area (Å²) < 4.78 is 4.96. The van der Waals surface area contributed by atoms with E-state index < -0.39 is 0 Å². The number of phenolic OH excluding ortho intramolecular Hbond substituents is 1. The van der Waals surface area contributed by atoms with Gasteiger partial charge in [-0.2, -0.15) is 11.8 Å². The van der Waals surface area contributed by atoms with Crippen molar-refractivity contribution in [2.45, 2.75) is 50.3 Å². The first-order valence-electron chi connectivity index (χ1n) is 7.71. The zero-order valence-corrected chi connectivity index (χ0v) is 14.3. The van der Waals surface area contributed by atoms with Gasteiger partial charge in [-0.25, -0.2) is 0 Å². The number of rotatable bonds is 5. The Balaban J connectivity index is 2.06. The van der Waals surface area contributed by atoms with E-state index >= 15 is 0 Å². The number of hydrogen-bond acceptors (Lipinski definition) is 5. The lowest BCUT2D eigenvalue weighted by Crippen LogP contribution is -2.52. The van der Waals surface area contributed by atoms with Gasteiger partial charge in [0.2, 0.25) is 0 Å². The lowest BCUT2D eigenvalue weighted by molar-refractivity contribution is -0.142. The second-order valence-corrected chi connectivity index (χ2v) is 7.60. The molecule has 1 aromatic carbocycles. The summed E-state index contributed by atoms with van der Waals surface area (Å²) >= 11 is 1.74. The molecule has 2 rings (SSSR count). The van der Waals surface area contributed by atoms with Crippen LogP contribution >= 0.6 is 11.8 Å². The topological polar surface area (TPSA) is 72.5 Å². The maximum Gasteiger partial charge on any atom is 0.306 e. The summed E-state index contributed by atoms with van der Waals surface area (Å²) in [4.78, 5) is 11.4. The van der Waals surface area contributed by atoms with Crippen molar-refractivity contribution in [1.82, 2.24) is 0 Å². The van der Waals surface area contributed by atoms with Crippen LogP contribution < -0.4 is 5.73 Å². The normalized spacial score (nSPS) is 22.9. The number of carbonyl (C=O) groups is 1. The van der Waals surface area contributed by atoms with Crippen molar-refractivity contribution in [3.05, 3.63) is 29.3 Å². The van der Waals surface area contributed by atoms with Gasteiger partial charge in [0, 0.05) is 22.5 Å². The number of benzene rings is 1. The van der Waals surface area contributed by atoms with Gasteiger partial charge < -0.3 is 15.6 Å². The molecule has 0 fully saturated rings. The molecule has 0 spiro atoms. The van der Waals surface area contributed by atoms with E-state index in [2.05, 4.69) is 13.8 Å². The molecule has 0 unspecified atom stereocenters. The number of hydrogen-bond donors (Lipinski definition) is 2. The Kier molecular flexibility index (Phi) is 5.40. The minimum atomic E-state index is -0.200. The highest BCUT2D eigenvalue weighted by Crippen LogP contribution is 2.41. The van der Waals surface area contributed by atoms with Crippen molar-refractivity contribution < 1.29 is 14.6 Å². The van der Waals surface area contributed by atoms with E-state index in [1.54, 1.807) is 17.8 Å². The molecule has 4 nitrogen and oxygen atoms in total. The summed E-state index contributed by atoms with van der Waals surface area (Å²) in [5.74, 6) is 0.858. The van der Waals surface area contributed by atoms with Crippen molar-refractivity contribution in [1.29, 1.82) is 0 Å². The van der Waals surface area contributed by atoms with Crippen LogP contribution in [0.1, 0.15) is 38.3 Å². The van der Waals surface area contributed by atoms with E-state index in [-0.39, 0.29) is 28.4 Å². The molecule has 0 aromatic heterocycles. The number of fused-ring (bicyclic) bond motifs is 1. The Hall–Kier alpha value is -1.20. The van der Waals surface area contributed by atoms with Crippen LogP contribution in [0, 0.1) is 0 Å². The number of nitrogens with two attached hydrogens (primary N) is 1. The molecule has 122 valence electrons. The molecule has 0 bridgehead atoms. The number of ether oxygens (including phenoxy) is 1. The third-order valence-corrected chi connectivity index (χ3v) is 5.71. The average molecular weight is 323 g/mol. The second kappa shape index (κ2) is 6.92. The molecule has 22 heavy (non-hydrogen) atoms. The molecular weight excluding hydrogens is 298 g/mol. The molecule has 5 heteroatoms. The standard InChI is InChI=1S/C17H25NO3S/c1-4-21-15(20)7-8-22-14-9-11-5-6-12(19)10-13(11)17(2,3)16(14)18/h5-6,10,14,16,19H,4,7-9,18H2,1-3H3/t14-,16+/m0/s1. The molecule has 0 saturated carbocycles. The molecule has 0 aliphatic heterocycles. The number of thioether (sulfide) groups is 1. The van der Waals surface area contributed by atoms with Crippen LogP contribution in [0.4, 0.5) is 0 Å². The Bertz CT molecular complexity index is 545. The summed E-state index contributed by atoms with van der Waals surface area (Å²) in [6, 6.07) is 5.52. The van der Waals surface area contributed by atoms with Crippen LogP contribution in [-0.2, 0) is 21.4 Å². The van der Waals surface area contributed by atoms with Crippen molar-refractivity contribution in [2.24, 2.45) is 5.73 Å². The Morgan fingerprint density at radius 3 is 2.91 bits per heavy atom. The fourth-order valence-corrected chi connectivity index (χ4v) is 4.45. The summed E-state index contributed by atoms with van der Waals surface area (Å²) in [5, 5.41) is 9.99. The SMILES string of the molecule is CCOC(=O)CCS[C@H]1Cc2ccc(O)cc2C(C)(C)[C@@H]1N. The van der Waals surface area contributed by atoms with Crippen molar-refractivity contribution in [3.8, 4) is 5.75 Å². The van der Waals surface area contributed by atoms with E-state index in [1.807, 2.05) is 19.1 Å². The molecule has 1 aliphatic rings. The fraction of sp³-hybridized carbons (Fsp3) is 0.588. The van der Waals surface area contributed by atoms with E-state index in [1.165, 1.54) is 5.56 Å². The highest BCUT2D eigenvalue weighted by Gasteiger charge is 2.40. The van der Waals surface area contributed by atoms with Crippen LogP contribution in [0.2, 0.25) is 0 Å². The molecule has 2 atom stereocenters. The monoisotopic (exact) mass is 323 g/mol. The molecule has 0 radical (unpaired) electrons. The van der Waals surface area contributed by atoms with E-state index in [4.69, 9.17) is 10.5 Å². The zero-order chi connectivity index (χ0) is 16.3. The predicted octanol–water partition coefficient (Wildman–Crippen LogP) is 2.61. The summed E-state index contributed by atoms with van der Waals surface area (Å²) in [6.07, 6.45) is 1.29. The first-order valence-corrected chi connectivity index (χ1v) is 8.76. The molecule has 1 aliphatic carbocycles. The number of esters is 1. The van der Waals surface area contributed by atoms with Gasteiger partial charge in [0.05, 0.1) is 13.0 Å². The Morgan fingerprint density at radius 2 is 2.23 bits per heavy atom. The maximum absolute atomic E-state index is 11.4. The van der Waals surface area contributed by atoms with Crippen molar-refractivity contribution >= 4 is 17.7 Å². The van der Waals surface area contributed by atoms with E-state index in [0.717, 1.165) is 17.7 Å². The third kappa shape index (κ3) is 3.58. The molecule has 1 aromatic rings. The molecule has 3 N–H and O–H groups in total. The van der Waals surface area contributed by atoms with Crippen molar-refractivity contribution in [3.63, 3.8) is 0 Å². The molecule has 0 amide bonds.